The maximum atomic E-state index is 12.9. The SMILES string of the molecule is CC1(CSc2ccccc2C(=O)Nc2ccc(OCc3ccccc3)cc2)NC(=O)NC1=O. The average Bonchev–Trinajstić information content (AvgIpc) is 3.09. The van der Waals surface area contributed by atoms with Gasteiger partial charge in [-0.05, 0) is 48.9 Å². The lowest BCUT2D eigenvalue weighted by Crippen LogP contribution is -2.46. The number of urea groups is 1. The lowest BCUT2D eigenvalue weighted by molar-refractivity contribution is -0.122. The van der Waals surface area contributed by atoms with Crippen LogP contribution >= 0.6 is 11.8 Å². The van der Waals surface area contributed by atoms with Gasteiger partial charge in [0.1, 0.15) is 17.9 Å². The highest BCUT2D eigenvalue weighted by atomic mass is 32.2. The Morgan fingerprint density at radius 1 is 0.970 bits per heavy atom. The number of hydrogen-bond acceptors (Lipinski definition) is 5. The first kappa shape index (κ1) is 22.4. The molecule has 1 saturated heterocycles. The zero-order valence-corrected chi connectivity index (χ0v) is 18.8. The number of amides is 4. The molecule has 1 unspecified atom stereocenters. The van der Waals surface area contributed by atoms with Crippen LogP contribution in [0.5, 0.6) is 5.75 Å². The molecule has 4 amide bonds. The number of imide groups is 1. The van der Waals surface area contributed by atoms with Gasteiger partial charge in [0, 0.05) is 16.3 Å². The van der Waals surface area contributed by atoms with Gasteiger partial charge in [0.15, 0.2) is 0 Å². The van der Waals surface area contributed by atoms with Crippen LogP contribution in [0.1, 0.15) is 22.8 Å². The molecule has 3 aromatic rings. The highest BCUT2D eigenvalue weighted by Crippen LogP contribution is 2.28. The second kappa shape index (κ2) is 9.79. The van der Waals surface area contributed by atoms with E-state index in [-0.39, 0.29) is 11.8 Å². The highest BCUT2D eigenvalue weighted by molar-refractivity contribution is 7.99. The summed E-state index contributed by atoms with van der Waals surface area (Å²) in [4.78, 5) is 37.1. The number of hydrogen-bond donors (Lipinski definition) is 3. The van der Waals surface area contributed by atoms with Crippen LogP contribution in [0.2, 0.25) is 0 Å². The van der Waals surface area contributed by atoms with Crippen LogP contribution in [-0.4, -0.2) is 29.1 Å². The van der Waals surface area contributed by atoms with E-state index in [1.54, 1.807) is 43.3 Å². The van der Waals surface area contributed by atoms with Crippen molar-refractivity contribution in [2.24, 2.45) is 0 Å². The fraction of sp³-hybridized carbons (Fsp3) is 0.160. The second-order valence-corrected chi connectivity index (χ2v) is 8.80. The van der Waals surface area contributed by atoms with E-state index in [2.05, 4.69) is 16.0 Å². The molecule has 0 aromatic heterocycles. The van der Waals surface area contributed by atoms with Gasteiger partial charge in [0.25, 0.3) is 11.8 Å². The first-order chi connectivity index (χ1) is 15.9. The minimum absolute atomic E-state index is 0.263. The van der Waals surface area contributed by atoms with E-state index in [4.69, 9.17) is 4.74 Å². The van der Waals surface area contributed by atoms with Crippen molar-refractivity contribution in [3.63, 3.8) is 0 Å². The molecule has 1 fully saturated rings. The van der Waals surface area contributed by atoms with Gasteiger partial charge in [-0.25, -0.2) is 4.79 Å². The molecule has 0 spiro atoms. The number of rotatable bonds is 8. The van der Waals surface area contributed by atoms with Crippen LogP contribution in [0.4, 0.5) is 10.5 Å². The topological polar surface area (TPSA) is 96.5 Å². The molecule has 0 saturated carbocycles. The Kier molecular flexibility index (Phi) is 6.65. The van der Waals surface area contributed by atoms with Crippen molar-refractivity contribution in [3.05, 3.63) is 90.0 Å². The second-order valence-electron chi connectivity index (χ2n) is 7.78. The van der Waals surface area contributed by atoms with Crippen molar-refractivity contribution in [1.82, 2.24) is 10.6 Å². The van der Waals surface area contributed by atoms with Crippen LogP contribution in [0.3, 0.4) is 0 Å². The molecule has 33 heavy (non-hydrogen) atoms. The Bertz CT molecular complexity index is 1170. The third kappa shape index (κ3) is 5.53. The number of carbonyl (C=O) groups excluding carboxylic acids is 3. The van der Waals surface area contributed by atoms with Crippen LogP contribution in [0, 0.1) is 0 Å². The van der Waals surface area contributed by atoms with Crippen LogP contribution < -0.4 is 20.7 Å². The molecule has 168 valence electrons. The van der Waals surface area contributed by atoms with Crippen molar-refractivity contribution in [1.29, 1.82) is 0 Å². The van der Waals surface area contributed by atoms with Gasteiger partial charge in [0.2, 0.25) is 0 Å². The predicted molar refractivity (Wildman–Crippen MR) is 127 cm³/mol. The van der Waals surface area contributed by atoms with E-state index in [0.29, 0.717) is 34.3 Å². The third-order valence-corrected chi connectivity index (χ3v) is 6.51. The number of carbonyl (C=O) groups is 3. The van der Waals surface area contributed by atoms with Gasteiger partial charge < -0.3 is 15.4 Å². The number of thioether (sulfide) groups is 1. The Morgan fingerprint density at radius 3 is 2.36 bits per heavy atom. The first-order valence-corrected chi connectivity index (χ1v) is 11.4. The molecule has 8 heteroatoms. The molecule has 1 heterocycles. The fourth-order valence-electron chi connectivity index (χ4n) is 3.26. The lowest BCUT2D eigenvalue weighted by Gasteiger charge is -2.20. The highest BCUT2D eigenvalue weighted by Gasteiger charge is 2.41. The van der Waals surface area contributed by atoms with Gasteiger partial charge in [-0.3, -0.25) is 14.9 Å². The average molecular weight is 462 g/mol. The number of ether oxygens (including phenoxy) is 1. The van der Waals surface area contributed by atoms with Crippen LogP contribution in [0.25, 0.3) is 0 Å². The number of benzene rings is 3. The summed E-state index contributed by atoms with van der Waals surface area (Å²) in [7, 11) is 0. The molecule has 7 nitrogen and oxygen atoms in total. The summed E-state index contributed by atoms with van der Waals surface area (Å²) in [6, 6.07) is 23.7. The lowest BCUT2D eigenvalue weighted by atomic mass is 10.1. The van der Waals surface area contributed by atoms with Crippen LogP contribution in [-0.2, 0) is 11.4 Å². The summed E-state index contributed by atoms with van der Waals surface area (Å²) in [5.41, 5.74) is 1.18. The Balaban J connectivity index is 1.37. The van der Waals surface area contributed by atoms with Crippen LogP contribution in [0.15, 0.2) is 83.8 Å². The molecule has 1 aliphatic rings. The molecule has 4 rings (SSSR count). The maximum absolute atomic E-state index is 12.9. The van der Waals surface area contributed by atoms with E-state index in [1.165, 1.54) is 11.8 Å². The molecular weight excluding hydrogens is 438 g/mol. The zero-order chi connectivity index (χ0) is 23.3. The van der Waals surface area contributed by atoms with E-state index < -0.39 is 11.6 Å². The number of nitrogens with one attached hydrogen (secondary N) is 3. The Labute approximate surface area is 195 Å². The third-order valence-electron chi connectivity index (χ3n) is 5.13. The van der Waals surface area contributed by atoms with E-state index in [9.17, 15) is 14.4 Å². The summed E-state index contributed by atoms with van der Waals surface area (Å²) in [6.07, 6.45) is 0. The van der Waals surface area contributed by atoms with Crippen molar-refractivity contribution in [2.45, 2.75) is 24.0 Å². The van der Waals surface area contributed by atoms with Crippen molar-refractivity contribution in [2.75, 3.05) is 11.1 Å². The molecular formula is C25H23N3O4S. The van der Waals surface area contributed by atoms with Gasteiger partial charge >= 0.3 is 6.03 Å². The van der Waals surface area contributed by atoms with Crippen molar-refractivity contribution in [3.8, 4) is 5.75 Å². The van der Waals surface area contributed by atoms with Gasteiger partial charge in [-0.15, -0.1) is 11.8 Å². The normalized spacial score (nSPS) is 17.2. The Morgan fingerprint density at radius 2 is 1.67 bits per heavy atom. The molecule has 0 radical (unpaired) electrons. The standard InChI is InChI=1S/C25H23N3O4S/c1-25(23(30)27-24(31)28-25)16-33-21-10-6-5-9-20(21)22(29)26-18-11-13-19(14-12-18)32-15-17-7-3-2-4-8-17/h2-14H,15-16H2,1H3,(H,26,29)(H2,27,28,30,31). The molecule has 0 bridgehead atoms. The van der Waals surface area contributed by atoms with Crippen molar-refractivity contribution >= 4 is 35.3 Å². The minimum atomic E-state index is -1.03. The summed E-state index contributed by atoms with van der Waals surface area (Å²) in [5.74, 6) is 0.359. The predicted octanol–water partition coefficient (Wildman–Crippen LogP) is 4.21. The zero-order valence-electron chi connectivity index (χ0n) is 18.0. The largest absolute Gasteiger partial charge is 0.489 e. The van der Waals surface area contributed by atoms with Gasteiger partial charge in [-0.2, -0.15) is 0 Å². The first-order valence-electron chi connectivity index (χ1n) is 10.4. The summed E-state index contributed by atoms with van der Waals surface area (Å²) in [6.45, 7) is 2.12. The molecule has 3 aromatic carbocycles. The molecule has 3 N–H and O–H groups in total. The number of anilines is 1. The fourth-order valence-corrected chi connectivity index (χ4v) is 4.40. The summed E-state index contributed by atoms with van der Waals surface area (Å²) < 4.78 is 5.78. The summed E-state index contributed by atoms with van der Waals surface area (Å²) in [5, 5.41) is 7.77. The monoisotopic (exact) mass is 461 g/mol. The smallest absolute Gasteiger partial charge is 0.322 e. The molecule has 1 aliphatic heterocycles. The molecule has 1 atom stereocenters. The quantitative estimate of drug-likeness (QED) is 0.345. The van der Waals surface area contributed by atoms with E-state index >= 15 is 0 Å². The van der Waals surface area contributed by atoms with Gasteiger partial charge in [0.05, 0.1) is 5.56 Å². The van der Waals surface area contributed by atoms with Crippen molar-refractivity contribution < 1.29 is 19.1 Å². The van der Waals surface area contributed by atoms with E-state index in [0.717, 1.165) is 5.56 Å². The van der Waals surface area contributed by atoms with E-state index in [1.807, 2.05) is 42.5 Å². The molecule has 0 aliphatic carbocycles. The maximum Gasteiger partial charge on any atom is 0.322 e. The summed E-state index contributed by atoms with van der Waals surface area (Å²) >= 11 is 1.34. The Hall–Kier alpha value is -3.78. The van der Waals surface area contributed by atoms with Gasteiger partial charge in [-0.1, -0.05) is 42.5 Å². The minimum Gasteiger partial charge on any atom is -0.489 e.